The van der Waals surface area contributed by atoms with Gasteiger partial charge in [0.05, 0.1) is 32.2 Å². The number of fused-ring (bicyclic) bond motifs is 5. The number of Topliss-reactive ketones (excluding diaryl/α,β-unsaturated/α-hetero) is 1. The van der Waals surface area contributed by atoms with Crippen LogP contribution >= 0.6 is 0 Å². The Balaban J connectivity index is 1.36. The topological polar surface area (TPSA) is 150 Å². The smallest absolute Gasteiger partial charge is 0.438 e. The van der Waals surface area contributed by atoms with Crippen LogP contribution in [0, 0.1) is 34.5 Å². The molecule has 288 valence electrons. The van der Waals surface area contributed by atoms with Gasteiger partial charge in [0.15, 0.2) is 6.29 Å². The Labute approximate surface area is 303 Å². The predicted molar refractivity (Wildman–Crippen MR) is 187 cm³/mol. The van der Waals surface area contributed by atoms with Crippen LogP contribution in [0.15, 0.2) is 23.3 Å². The number of carbonyl (C=O) groups is 3. The minimum absolute atomic E-state index is 0.0271. The monoisotopic (exact) mass is 738 g/mol. The minimum atomic E-state index is -3.85. The summed E-state index contributed by atoms with van der Waals surface area (Å²) in [7, 11) is -1.30. The SMILES string of the molecule is COC(=O)O[C@@H]1CC2=CC=C3[C@@H]4CC[C@H]([C@H](C)C(CC(=O)CC(C)(C)OC5CCCCO5)OS(C)(=O)=O)[C@@]4(C)CC[C@@H]3[C@@]2(C)[C@@H](OC(=O)OC)C1. The van der Waals surface area contributed by atoms with Gasteiger partial charge < -0.3 is 28.4 Å². The van der Waals surface area contributed by atoms with Crippen LogP contribution in [0.5, 0.6) is 0 Å². The lowest BCUT2D eigenvalue weighted by molar-refractivity contribution is -0.216. The highest BCUT2D eigenvalue weighted by Crippen LogP contribution is 2.66. The molecule has 5 rings (SSSR count). The summed E-state index contributed by atoms with van der Waals surface area (Å²) in [5, 5.41) is 0. The number of hydrogen-bond acceptors (Lipinski definition) is 12. The van der Waals surface area contributed by atoms with Gasteiger partial charge in [-0.25, -0.2) is 9.59 Å². The Morgan fingerprint density at radius 1 is 0.980 bits per heavy atom. The van der Waals surface area contributed by atoms with E-state index in [4.69, 9.17) is 32.6 Å². The van der Waals surface area contributed by atoms with E-state index in [0.29, 0.717) is 19.4 Å². The van der Waals surface area contributed by atoms with Crippen molar-refractivity contribution >= 4 is 28.2 Å². The first-order valence-electron chi connectivity index (χ1n) is 18.5. The quantitative estimate of drug-likeness (QED) is 0.149. The van der Waals surface area contributed by atoms with Gasteiger partial charge in [0.1, 0.15) is 18.0 Å². The third kappa shape index (κ3) is 8.68. The molecule has 13 heteroatoms. The maximum atomic E-state index is 13.6. The van der Waals surface area contributed by atoms with Gasteiger partial charge in [-0.3, -0.25) is 8.98 Å². The van der Waals surface area contributed by atoms with E-state index in [1.807, 2.05) is 20.8 Å². The Kier molecular flexibility index (Phi) is 12.1. The molecule has 2 unspecified atom stereocenters. The lowest BCUT2D eigenvalue weighted by atomic mass is 9.49. The van der Waals surface area contributed by atoms with Crippen LogP contribution in [0.2, 0.25) is 0 Å². The van der Waals surface area contributed by atoms with E-state index in [1.54, 1.807) is 0 Å². The van der Waals surface area contributed by atoms with E-state index in [-0.39, 0.29) is 54.0 Å². The first-order valence-corrected chi connectivity index (χ1v) is 20.3. The zero-order valence-electron chi connectivity index (χ0n) is 31.6. The summed E-state index contributed by atoms with van der Waals surface area (Å²) in [4.78, 5) is 38.1. The number of methoxy groups -OCH3 is 2. The number of ether oxygens (including phenoxy) is 6. The van der Waals surface area contributed by atoms with Crippen LogP contribution < -0.4 is 0 Å². The molecule has 10 atom stereocenters. The Bertz CT molecular complexity index is 1480. The van der Waals surface area contributed by atoms with Crippen LogP contribution in [0.1, 0.15) is 105 Å². The number of allylic oxidation sites excluding steroid dienone is 3. The van der Waals surface area contributed by atoms with E-state index < -0.39 is 51.8 Å². The van der Waals surface area contributed by atoms with Crippen molar-refractivity contribution in [1.82, 2.24) is 0 Å². The summed E-state index contributed by atoms with van der Waals surface area (Å²) in [6.45, 7) is 10.9. The summed E-state index contributed by atoms with van der Waals surface area (Å²) < 4.78 is 63.9. The molecule has 1 saturated heterocycles. The summed E-state index contributed by atoms with van der Waals surface area (Å²) in [6.07, 6.45) is 8.71. The fourth-order valence-corrected chi connectivity index (χ4v) is 11.0. The zero-order chi connectivity index (χ0) is 37.4. The molecule has 0 aromatic heterocycles. The normalized spacial score (nSPS) is 34.7. The maximum absolute atomic E-state index is 13.6. The van der Waals surface area contributed by atoms with Crippen LogP contribution in [-0.4, -0.2) is 83.8 Å². The molecule has 3 saturated carbocycles. The second kappa shape index (κ2) is 15.5. The molecule has 5 aliphatic rings. The van der Waals surface area contributed by atoms with Crippen LogP contribution in [0.3, 0.4) is 0 Å². The fraction of sp³-hybridized carbons (Fsp3) is 0.816. The fourth-order valence-electron chi connectivity index (χ4n) is 10.3. The third-order valence-electron chi connectivity index (χ3n) is 12.7. The predicted octanol–water partition coefficient (Wildman–Crippen LogP) is 7.05. The second-order valence-corrected chi connectivity index (χ2v) is 18.1. The van der Waals surface area contributed by atoms with Crippen molar-refractivity contribution in [2.75, 3.05) is 27.1 Å². The standard InChI is InChI=1S/C38H58O12S/c1-23(31(50-51(8,42)43)20-25(39)22-36(2,3)49-33-11-9-10-18-46-33)28-14-15-29-27-13-12-24-19-26(47-34(40)44-6)21-32(48-35(41)45-7)38(24,5)30(27)16-17-37(28,29)4/h12-13,23,26,28-33H,9-11,14-22H2,1-8H3/t23-,26+,28+,29-,30-,31?,32-,33?,37+,38-/m0/s1. The van der Waals surface area contributed by atoms with Crippen molar-refractivity contribution in [2.45, 2.75) is 135 Å². The molecule has 0 amide bonds. The van der Waals surface area contributed by atoms with Crippen molar-refractivity contribution < 1.29 is 55.4 Å². The van der Waals surface area contributed by atoms with Gasteiger partial charge in [-0.2, -0.15) is 8.42 Å². The number of rotatable bonds is 12. The molecule has 0 radical (unpaired) electrons. The molecule has 4 fully saturated rings. The van der Waals surface area contributed by atoms with E-state index in [1.165, 1.54) is 19.8 Å². The largest absolute Gasteiger partial charge is 0.508 e. The van der Waals surface area contributed by atoms with Gasteiger partial charge in [0.2, 0.25) is 0 Å². The van der Waals surface area contributed by atoms with Crippen LogP contribution in [0.25, 0.3) is 0 Å². The lowest BCUT2D eigenvalue weighted by Crippen LogP contribution is -2.54. The average Bonchev–Trinajstić information content (AvgIpc) is 3.41. The van der Waals surface area contributed by atoms with Gasteiger partial charge >= 0.3 is 12.3 Å². The summed E-state index contributed by atoms with van der Waals surface area (Å²) in [5.74, 6) is 0.0714. The third-order valence-corrected chi connectivity index (χ3v) is 13.3. The number of hydrogen-bond donors (Lipinski definition) is 0. The Morgan fingerprint density at radius 2 is 1.69 bits per heavy atom. The van der Waals surface area contributed by atoms with Gasteiger partial charge in [0, 0.05) is 37.7 Å². The summed E-state index contributed by atoms with van der Waals surface area (Å²) in [6, 6.07) is 0. The molecule has 0 bridgehead atoms. The highest BCUT2D eigenvalue weighted by atomic mass is 32.2. The average molecular weight is 739 g/mol. The summed E-state index contributed by atoms with van der Waals surface area (Å²) in [5.41, 5.74) is 0.882. The van der Waals surface area contributed by atoms with Crippen molar-refractivity contribution in [3.63, 3.8) is 0 Å². The van der Waals surface area contributed by atoms with E-state index in [2.05, 4.69) is 26.0 Å². The van der Waals surface area contributed by atoms with E-state index >= 15 is 0 Å². The number of ketones is 1. The zero-order valence-corrected chi connectivity index (χ0v) is 32.4. The summed E-state index contributed by atoms with van der Waals surface area (Å²) >= 11 is 0. The van der Waals surface area contributed by atoms with E-state index in [9.17, 15) is 22.8 Å². The van der Waals surface area contributed by atoms with Gasteiger partial charge in [-0.05, 0) is 87.9 Å². The molecule has 12 nitrogen and oxygen atoms in total. The molecule has 51 heavy (non-hydrogen) atoms. The van der Waals surface area contributed by atoms with Gasteiger partial charge in [-0.1, -0.05) is 44.1 Å². The Hall–Kier alpha value is -2.48. The molecule has 0 spiro atoms. The van der Waals surface area contributed by atoms with Gasteiger partial charge in [0.25, 0.3) is 10.1 Å². The first-order chi connectivity index (χ1) is 23.9. The molecular formula is C38H58O12S. The molecule has 1 heterocycles. The molecule has 0 aromatic rings. The van der Waals surface area contributed by atoms with Crippen LogP contribution in [0.4, 0.5) is 9.59 Å². The highest BCUT2D eigenvalue weighted by Gasteiger charge is 2.61. The van der Waals surface area contributed by atoms with Crippen LogP contribution in [-0.2, 0) is 47.5 Å². The molecule has 0 aromatic carbocycles. The molecule has 0 N–H and O–H groups in total. The molecular weight excluding hydrogens is 680 g/mol. The van der Waals surface area contributed by atoms with Crippen molar-refractivity contribution in [2.24, 2.45) is 34.5 Å². The van der Waals surface area contributed by atoms with Crippen molar-refractivity contribution in [3.05, 3.63) is 23.3 Å². The first kappa shape index (κ1) is 39.7. The minimum Gasteiger partial charge on any atom is -0.438 e. The second-order valence-electron chi connectivity index (χ2n) is 16.5. The van der Waals surface area contributed by atoms with E-state index in [0.717, 1.165) is 56.8 Å². The highest BCUT2D eigenvalue weighted by molar-refractivity contribution is 7.86. The Morgan fingerprint density at radius 3 is 2.33 bits per heavy atom. The maximum Gasteiger partial charge on any atom is 0.508 e. The van der Waals surface area contributed by atoms with Crippen molar-refractivity contribution in [3.8, 4) is 0 Å². The number of carbonyl (C=O) groups excluding carboxylic acids is 3. The molecule has 4 aliphatic carbocycles. The van der Waals surface area contributed by atoms with Crippen molar-refractivity contribution in [1.29, 1.82) is 0 Å². The lowest BCUT2D eigenvalue weighted by Gasteiger charge is -2.57. The molecule has 1 aliphatic heterocycles. The van der Waals surface area contributed by atoms with Gasteiger partial charge in [-0.15, -0.1) is 0 Å².